The molecule has 2 aromatic heterocycles. The van der Waals surface area contributed by atoms with Crippen LogP contribution in [-0.4, -0.2) is 18.6 Å². The van der Waals surface area contributed by atoms with E-state index in [-0.39, 0.29) is 17.4 Å². The quantitative estimate of drug-likeness (QED) is 0.432. The molecule has 0 bridgehead atoms. The number of furan rings is 1. The second kappa shape index (κ2) is 7.50. The summed E-state index contributed by atoms with van der Waals surface area (Å²) in [5, 5.41) is 4.43. The number of aromatic nitrogens is 2. The van der Waals surface area contributed by atoms with Crippen LogP contribution in [0.5, 0.6) is 0 Å². The monoisotopic (exact) mass is 428 g/mol. The molecule has 148 valence electrons. The lowest BCUT2D eigenvalue weighted by Crippen LogP contribution is -2.06. The molecule has 4 aromatic rings. The van der Waals surface area contributed by atoms with E-state index in [2.05, 4.69) is 10.1 Å². The van der Waals surface area contributed by atoms with Gasteiger partial charge in [0.1, 0.15) is 11.5 Å². The van der Waals surface area contributed by atoms with E-state index < -0.39 is 9.84 Å². The van der Waals surface area contributed by atoms with Gasteiger partial charge >= 0.3 is 0 Å². The SMILES string of the molecule is Cc1ccc(S(=O)(=O)Cc2ccc(-c3nc(-c4ccccc4Cl)no3)o2)c(C)c1. The summed E-state index contributed by atoms with van der Waals surface area (Å²) in [6, 6.07) is 15.6. The molecule has 0 fully saturated rings. The lowest BCUT2D eigenvalue weighted by Gasteiger charge is -2.07. The zero-order valence-corrected chi connectivity index (χ0v) is 17.3. The van der Waals surface area contributed by atoms with Crippen molar-refractivity contribution >= 4 is 21.4 Å². The van der Waals surface area contributed by atoms with Crippen molar-refractivity contribution in [2.75, 3.05) is 0 Å². The maximum Gasteiger partial charge on any atom is 0.293 e. The number of halogens is 1. The van der Waals surface area contributed by atoms with E-state index in [9.17, 15) is 8.42 Å². The number of benzene rings is 2. The Balaban J connectivity index is 1.59. The summed E-state index contributed by atoms with van der Waals surface area (Å²) in [6.45, 7) is 3.70. The molecule has 0 amide bonds. The maximum absolute atomic E-state index is 12.8. The largest absolute Gasteiger partial charge is 0.455 e. The standard InChI is InChI=1S/C21H17ClN2O4S/c1-13-7-10-19(14(2)11-13)29(25,26)12-15-8-9-18(27-15)21-23-20(24-28-21)16-5-3-4-6-17(16)22/h3-11H,12H2,1-2H3. The Morgan fingerprint density at radius 2 is 1.83 bits per heavy atom. The van der Waals surface area contributed by atoms with Crippen LogP contribution in [0, 0.1) is 13.8 Å². The highest BCUT2D eigenvalue weighted by Gasteiger charge is 2.21. The highest BCUT2D eigenvalue weighted by Crippen LogP contribution is 2.29. The summed E-state index contributed by atoms with van der Waals surface area (Å²) in [5.41, 5.74) is 2.35. The van der Waals surface area contributed by atoms with Gasteiger partial charge in [-0.3, -0.25) is 0 Å². The Kier molecular flexibility index (Phi) is 5.02. The molecule has 0 radical (unpaired) electrons. The number of hydrogen-bond acceptors (Lipinski definition) is 6. The molecule has 0 spiro atoms. The van der Waals surface area contributed by atoms with Gasteiger partial charge < -0.3 is 8.94 Å². The summed E-state index contributed by atoms with van der Waals surface area (Å²) >= 11 is 6.16. The van der Waals surface area contributed by atoms with Gasteiger partial charge in [-0.05, 0) is 49.7 Å². The van der Waals surface area contributed by atoms with E-state index in [1.807, 2.05) is 25.1 Å². The molecule has 0 N–H and O–H groups in total. The Morgan fingerprint density at radius 1 is 1.03 bits per heavy atom. The van der Waals surface area contributed by atoms with Gasteiger partial charge in [-0.15, -0.1) is 0 Å². The fourth-order valence-electron chi connectivity index (χ4n) is 3.06. The molecule has 8 heteroatoms. The van der Waals surface area contributed by atoms with E-state index in [4.69, 9.17) is 20.5 Å². The minimum atomic E-state index is -3.55. The van der Waals surface area contributed by atoms with Crippen molar-refractivity contribution in [3.05, 3.63) is 76.5 Å². The van der Waals surface area contributed by atoms with Crippen LogP contribution in [0.4, 0.5) is 0 Å². The van der Waals surface area contributed by atoms with Crippen molar-refractivity contribution in [1.29, 1.82) is 0 Å². The normalized spacial score (nSPS) is 11.7. The van der Waals surface area contributed by atoms with Crippen LogP contribution in [0.15, 0.2) is 68.4 Å². The molecule has 6 nitrogen and oxygen atoms in total. The van der Waals surface area contributed by atoms with E-state index in [1.165, 1.54) is 0 Å². The highest BCUT2D eigenvalue weighted by atomic mass is 35.5. The molecule has 0 aliphatic heterocycles. The predicted molar refractivity (Wildman–Crippen MR) is 109 cm³/mol. The smallest absolute Gasteiger partial charge is 0.293 e. The minimum Gasteiger partial charge on any atom is -0.455 e. The van der Waals surface area contributed by atoms with E-state index >= 15 is 0 Å². The van der Waals surface area contributed by atoms with Gasteiger partial charge in [0.15, 0.2) is 15.6 Å². The number of sulfone groups is 1. The highest BCUT2D eigenvalue weighted by molar-refractivity contribution is 7.90. The number of nitrogens with zero attached hydrogens (tertiary/aromatic N) is 2. The predicted octanol–water partition coefficient (Wildman–Crippen LogP) is 5.24. The summed E-state index contributed by atoms with van der Waals surface area (Å²) in [7, 11) is -3.55. The summed E-state index contributed by atoms with van der Waals surface area (Å²) < 4.78 is 36.5. The molecule has 0 saturated carbocycles. The molecular formula is C21H17ClN2O4S. The molecule has 4 rings (SSSR count). The zero-order valence-electron chi connectivity index (χ0n) is 15.7. The maximum atomic E-state index is 12.8. The van der Waals surface area contributed by atoms with E-state index in [0.717, 1.165) is 5.56 Å². The van der Waals surface area contributed by atoms with Gasteiger partial charge in [0.2, 0.25) is 5.82 Å². The van der Waals surface area contributed by atoms with Crippen LogP contribution in [0.1, 0.15) is 16.9 Å². The molecule has 0 atom stereocenters. The first-order valence-electron chi connectivity index (χ1n) is 8.81. The fraction of sp³-hybridized carbons (Fsp3) is 0.143. The molecule has 2 aromatic carbocycles. The number of aryl methyl sites for hydroxylation is 2. The molecule has 2 heterocycles. The lowest BCUT2D eigenvalue weighted by atomic mass is 10.2. The van der Waals surface area contributed by atoms with Crippen molar-refractivity contribution in [2.24, 2.45) is 0 Å². The van der Waals surface area contributed by atoms with Crippen molar-refractivity contribution in [2.45, 2.75) is 24.5 Å². The average molecular weight is 429 g/mol. The van der Waals surface area contributed by atoms with Crippen molar-refractivity contribution in [3.63, 3.8) is 0 Å². The molecular weight excluding hydrogens is 412 g/mol. The van der Waals surface area contributed by atoms with Crippen LogP contribution < -0.4 is 0 Å². The van der Waals surface area contributed by atoms with Gasteiger partial charge in [-0.1, -0.05) is 46.6 Å². The third kappa shape index (κ3) is 3.97. The molecule has 29 heavy (non-hydrogen) atoms. The van der Waals surface area contributed by atoms with E-state index in [0.29, 0.717) is 32.6 Å². The minimum absolute atomic E-state index is 0.148. The van der Waals surface area contributed by atoms with Crippen LogP contribution in [-0.2, 0) is 15.6 Å². The Bertz CT molecular complexity index is 1290. The Labute approximate surface area is 173 Å². The molecule has 0 unspecified atom stereocenters. The topological polar surface area (TPSA) is 86.2 Å². The first-order valence-corrected chi connectivity index (χ1v) is 10.8. The number of rotatable bonds is 5. The van der Waals surface area contributed by atoms with Crippen molar-refractivity contribution < 1.29 is 17.4 Å². The molecule has 0 saturated heterocycles. The molecule has 0 aliphatic carbocycles. The van der Waals surface area contributed by atoms with Crippen molar-refractivity contribution in [1.82, 2.24) is 10.1 Å². The first-order chi connectivity index (χ1) is 13.8. The summed E-state index contributed by atoms with van der Waals surface area (Å²) in [6.07, 6.45) is 0. The third-order valence-electron chi connectivity index (χ3n) is 4.41. The van der Waals surface area contributed by atoms with Crippen LogP contribution >= 0.6 is 11.6 Å². The van der Waals surface area contributed by atoms with Gasteiger partial charge in [0, 0.05) is 5.56 Å². The Morgan fingerprint density at radius 3 is 2.59 bits per heavy atom. The van der Waals surface area contributed by atoms with Gasteiger partial charge in [0.05, 0.1) is 9.92 Å². The summed E-state index contributed by atoms with van der Waals surface area (Å²) in [5.74, 6) is 0.795. The second-order valence-electron chi connectivity index (χ2n) is 6.70. The average Bonchev–Trinajstić information content (AvgIpc) is 3.31. The van der Waals surface area contributed by atoms with E-state index in [1.54, 1.807) is 43.3 Å². The fourth-order valence-corrected chi connectivity index (χ4v) is 4.79. The summed E-state index contributed by atoms with van der Waals surface area (Å²) in [4.78, 5) is 4.59. The Hall–Kier alpha value is -2.90. The van der Waals surface area contributed by atoms with Crippen LogP contribution in [0.2, 0.25) is 5.02 Å². The van der Waals surface area contributed by atoms with Gasteiger partial charge in [0.25, 0.3) is 5.89 Å². The third-order valence-corrected chi connectivity index (χ3v) is 6.53. The number of hydrogen-bond donors (Lipinski definition) is 0. The van der Waals surface area contributed by atoms with Crippen LogP contribution in [0.25, 0.3) is 23.0 Å². The first kappa shape index (κ1) is 19.4. The van der Waals surface area contributed by atoms with Gasteiger partial charge in [-0.2, -0.15) is 4.98 Å². The zero-order chi connectivity index (χ0) is 20.6. The molecule has 0 aliphatic rings. The lowest BCUT2D eigenvalue weighted by molar-refractivity contribution is 0.413. The second-order valence-corrected chi connectivity index (χ2v) is 9.06. The van der Waals surface area contributed by atoms with Crippen molar-refractivity contribution in [3.8, 4) is 23.0 Å². The van der Waals surface area contributed by atoms with Gasteiger partial charge in [-0.25, -0.2) is 8.42 Å². The van der Waals surface area contributed by atoms with Crippen LogP contribution in [0.3, 0.4) is 0 Å².